The van der Waals surface area contributed by atoms with Gasteiger partial charge in [0.25, 0.3) is 0 Å². The van der Waals surface area contributed by atoms with Crippen molar-refractivity contribution >= 4 is 17.4 Å². The maximum atomic E-state index is 9.23. The second kappa shape index (κ2) is 6.02. The molecule has 0 amide bonds. The number of benzene rings is 1. The Bertz CT molecular complexity index is 545. The number of nitriles is 1. The molecule has 1 aromatic carbocycles. The Morgan fingerprint density at radius 3 is 3.06 bits per heavy atom. The topological polar surface area (TPSA) is 90.3 Å². The maximum absolute atomic E-state index is 9.23. The van der Waals surface area contributed by atoms with Crippen LogP contribution in [0.1, 0.15) is 18.3 Å². The summed E-state index contributed by atoms with van der Waals surface area (Å²) >= 11 is 1.65. The minimum atomic E-state index is 0.436. The van der Waals surface area contributed by atoms with Gasteiger partial charge >= 0.3 is 0 Å². The number of anilines is 1. The van der Waals surface area contributed by atoms with Crippen molar-refractivity contribution < 1.29 is 0 Å². The highest BCUT2D eigenvalue weighted by molar-refractivity contribution is 7.99. The predicted octanol–water partition coefficient (Wildman–Crippen LogP) is 1.80. The molecule has 0 aliphatic heterocycles. The lowest BCUT2D eigenvalue weighted by molar-refractivity contribution is 0.881. The number of thioether (sulfide) groups is 1. The lowest BCUT2D eigenvalue weighted by atomic mass is 10.2. The van der Waals surface area contributed by atoms with Gasteiger partial charge in [0.05, 0.1) is 17.8 Å². The molecule has 7 heteroatoms. The van der Waals surface area contributed by atoms with Crippen LogP contribution >= 0.6 is 11.8 Å². The van der Waals surface area contributed by atoms with E-state index in [9.17, 15) is 5.26 Å². The summed E-state index contributed by atoms with van der Waals surface area (Å²) in [6, 6.07) is 7.98. The highest BCUT2D eigenvalue weighted by Crippen LogP contribution is 2.27. The van der Waals surface area contributed by atoms with E-state index in [4.69, 9.17) is 0 Å². The second-order valence-electron chi connectivity index (χ2n) is 3.41. The highest BCUT2D eigenvalue weighted by atomic mass is 32.2. The number of aromatic nitrogens is 4. The summed E-state index contributed by atoms with van der Waals surface area (Å²) in [5.41, 5.74) is 1.45. The predicted molar refractivity (Wildman–Crippen MR) is 69.1 cm³/mol. The lowest BCUT2D eigenvalue weighted by Gasteiger charge is -2.09. The standard InChI is InChI=1S/C11H12N6S/c1-2-18-10-5-3-4-9(8(10)6-12)13-7-11-14-16-17-15-11/h3-5,13H,2,7H2,1H3,(H,14,15,16,17). The number of aromatic amines is 1. The molecule has 0 aliphatic rings. The molecule has 6 nitrogen and oxygen atoms in total. The molecule has 0 radical (unpaired) electrons. The minimum Gasteiger partial charge on any atom is -0.376 e. The van der Waals surface area contributed by atoms with Crippen molar-refractivity contribution in [2.75, 3.05) is 11.1 Å². The third-order valence-corrected chi connectivity index (χ3v) is 3.20. The summed E-state index contributed by atoms with van der Waals surface area (Å²) in [6.45, 7) is 2.50. The van der Waals surface area contributed by atoms with Crippen LogP contribution in [-0.4, -0.2) is 26.4 Å². The first kappa shape index (κ1) is 12.4. The van der Waals surface area contributed by atoms with E-state index < -0.39 is 0 Å². The van der Waals surface area contributed by atoms with Crippen LogP contribution in [0.3, 0.4) is 0 Å². The van der Waals surface area contributed by atoms with Gasteiger partial charge in [0.2, 0.25) is 0 Å². The Kier molecular flexibility index (Phi) is 4.15. The Morgan fingerprint density at radius 1 is 1.50 bits per heavy atom. The van der Waals surface area contributed by atoms with Crippen LogP contribution in [0.15, 0.2) is 23.1 Å². The number of rotatable bonds is 5. The van der Waals surface area contributed by atoms with E-state index >= 15 is 0 Å². The van der Waals surface area contributed by atoms with Gasteiger partial charge in [-0.15, -0.1) is 22.0 Å². The first-order valence-corrected chi connectivity index (χ1v) is 6.45. The van der Waals surface area contributed by atoms with Crippen molar-refractivity contribution in [3.8, 4) is 6.07 Å². The van der Waals surface area contributed by atoms with Gasteiger partial charge in [-0.25, -0.2) is 0 Å². The van der Waals surface area contributed by atoms with Gasteiger partial charge in [0, 0.05) is 4.90 Å². The highest BCUT2D eigenvalue weighted by Gasteiger charge is 2.08. The lowest BCUT2D eigenvalue weighted by Crippen LogP contribution is -2.03. The molecular weight excluding hydrogens is 248 g/mol. The molecule has 0 bridgehead atoms. The molecule has 0 saturated heterocycles. The molecule has 18 heavy (non-hydrogen) atoms. The fourth-order valence-electron chi connectivity index (χ4n) is 1.50. The van der Waals surface area contributed by atoms with Crippen LogP contribution in [0, 0.1) is 11.3 Å². The molecule has 92 valence electrons. The van der Waals surface area contributed by atoms with Crippen LogP contribution in [0.5, 0.6) is 0 Å². The fourth-order valence-corrected chi connectivity index (χ4v) is 2.29. The molecule has 0 atom stereocenters. The Morgan fingerprint density at radius 2 is 2.39 bits per heavy atom. The quantitative estimate of drug-likeness (QED) is 0.797. The number of hydrogen-bond donors (Lipinski definition) is 2. The molecule has 2 aromatic rings. The minimum absolute atomic E-state index is 0.436. The zero-order valence-corrected chi connectivity index (χ0v) is 10.7. The van der Waals surface area contributed by atoms with Crippen LogP contribution in [-0.2, 0) is 6.54 Å². The monoisotopic (exact) mass is 260 g/mol. The van der Waals surface area contributed by atoms with Crippen molar-refractivity contribution in [1.82, 2.24) is 20.6 Å². The normalized spacial score (nSPS) is 10.0. The zero-order chi connectivity index (χ0) is 12.8. The van der Waals surface area contributed by atoms with Crippen molar-refractivity contribution in [1.29, 1.82) is 5.26 Å². The third kappa shape index (κ3) is 2.78. The van der Waals surface area contributed by atoms with E-state index in [1.54, 1.807) is 11.8 Å². The molecule has 0 aliphatic carbocycles. The Labute approximate surface area is 109 Å². The Balaban J connectivity index is 2.17. The summed E-state index contributed by atoms with van der Waals surface area (Å²) in [6.07, 6.45) is 0. The number of nitrogens with zero attached hydrogens (tertiary/aromatic N) is 4. The van der Waals surface area contributed by atoms with Crippen LogP contribution in [0.4, 0.5) is 5.69 Å². The van der Waals surface area contributed by atoms with Gasteiger partial charge in [-0.3, -0.25) is 0 Å². The first-order chi connectivity index (χ1) is 8.85. The first-order valence-electron chi connectivity index (χ1n) is 5.47. The smallest absolute Gasteiger partial charge is 0.193 e. The number of hydrogen-bond acceptors (Lipinski definition) is 6. The molecule has 0 spiro atoms. The van der Waals surface area contributed by atoms with E-state index in [0.717, 1.165) is 16.3 Å². The van der Waals surface area contributed by atoms with E-state index in [2.05, 4.69) is 38.9 Å². The summed E-state index contributed by atoms with van der Waals surface area (Å²) in [7, 11) is 0. The van der Waals surface area contributed by atoms with E-state index in [0.29, 0.717) is 17.9 Å². The van der Waals surface area contributed by atoms with Crippen molar-refractivity contribution in [3.63, 3.8) is 0 Å². The van der Waals surface area contributed by atoms with Gasteiger partial charge in [0.15, 0.2) is 5.82 Å². The molecule has 2 N–H and O–H groups in total. The summed E-state index contributed by atoms with van der Waals surface area (Å²) < 4.78 is 0. The summed E-state index contributed by atoms with van der Waals surface area (Å²) in [5, 5.41) is 25.9. The van der Waals surface area contributed by atoms with E-state index in [-0.39, 0.29) is 0 Å². The SMILES string of the molecule is CCSc1cccc(NCc2nn[nH]n2)c1C#N. The molecular formula is C11H12N6S. The number of H-pyrrole nitrogens is 1. The van der Waals surface area contributed by atoms with Crippen molar-refractivity contribution in [2.45, 2.75) is 18.4 Å². The molecule has 1 aromatic heterocycles. The molecule has 1 heterocycles. The Hall–Kier alpha value is -2.07. The van der Waals surface area contributed by atoms with Gasteiger partial charge in [-0.05, 0) is 17.9 Å². The van der Waals surface area contributed by atoms with Gasteiger partial charge in [-0.1, -0.05) is 18.2 Å². The van der Waals surface area contributed by atoms with Gasteiger partial charge in [-0.2, -0.15) is 10.5 Å². The fraction of sp³-hybridized carbons (Fsp3) is 0.273. The zero-order valence-electron chi connectivity index (χ0n) is 9.84. The van der Waals surface area contributed by atoms with Crippen LogP contribution in [0.2, 0.25) is 0 Å². The second-order valence-corrected chi connectivity index (χ2v) is 4.71. The van der Waals surface area contributed by atoms with Crippen LogP contribution in [0.25, 0.3) is 0 Å². The van der Waals surface area contributed by atoms with Crippen molar-refractivity contribution in [3.05, 3.63) is 29.6 Å². The maximum Gasteiger partial charge on any atom is 0.193 e. The van der Waals surface area contributed by atoms with Gasteiger partial charge < -0.3 is 5.32 Å². The molecule has 0 fully saturated rings. The van der Waals surface area contributed by atoms with E-state index in [1.165, 1.54) is 0 Å². The molecule has 0 saturated carbocycles. The molecule has 0 unspecified atom stereocenters. The summed E-state index contributed by atoms with van der Waals surface area (Å²) in [4.78, 5) is 0.984. The van der Waals surface area contributed by atoms with Crippen LogP contribution < -0.4 is 5.32 Å². The largest absolute Gasteiger partial charge is 0.376 e. The average molecular weight is 260 g/mol. The van der Waals surface area contributed by atoms with Gasteiger partial charge in [0.1, 0.15) is 6.07 Å². The number of nitrogens with one attached hydrogen (secondary N) is 2. The summed E-state index contributed by atoms with van der Waals surface area (Å²) in [5.74, 6) is 1.50. The third-order valence-electron chi connectivity index (χ3n) is 2.26. The number of tetrazole rings is 1. The molecule has 2 rings (SSSR count). The van der Waals surface area contributed by atoms with Crippen molar-refractivity contribution in [2.24, 2.45) is 0 Å². The average Bonchev–Trinajstić information content (AvgIpc) is 2.90. The van der Waals surface area contributed by atoms with E-state index in [1.807, 2.05) is 18.2 Å².